The van der Waals surface area contributed by atoms with Gasteiger partial charge in [0.05, 0.1) is 19.8 Å². The van der Waals surface area contributed by atoms with Gasteiger partial charge in [-0.2, -0.15) is 0 Å². The van der Waals surface area contributed by atoms with E-state index in [9.17, 15) is 51.1 Å². The van der Waals surface area contributed by atoms with Crippen molar-refractivity contribution in [2.75, 3.05) is 33.0 Å². The Balaban J connectivity index is 1.64. The van der Waals surface area contributed by atoms with Gasteiger partial charge in [0.1, 0.15) is 73.2 Å². The van der Waals surface area contributed by atoms with Gasteiger partial charge in [0.2, 0.25) is 0 Å². The molecule has 0 spiro atoms. The third kappa shape index (κ3) is 7.63. The number of unbranched alkanes of at least 4 members (excludes halogenated alkanes) is 2. The summed E-state index contributed by atoms with van der Waals surface area (Å²) in [5, 5.41) is 102. The molecule has 236 valence electrons. The molecule has 17 heteroatoms. The number of hydrogen-bond acceptors (Lipinski definition) is 17. The molecule has 0 aromatic heterocycles. The van der Waals surface area contributed by atoms with E-state index in [4.69, 9.17) is 34.2 Å². The maximum Gasteiger partial charge on any atom is 0.187 e. The lowest BCUT2D eigenvalue weighted by Gasteiger charge is -2.48. The fourth-order valence-electron chi connectivity index (χ4n) is 4.80. The van der Waals surface area contributed by atoms with Gasteiger partial charge in [-0.15, -0.1) is 0 Å². The summed E-state index contributed by atoms with van der Waals surface area (Å²) in [6.45, 7) is -1.50. The summed E-state index contributed by atoms with van der Waals surface area (Å²) < 4.78 is 32.9. The molecule has 3 saturated heterocycles. The van der Waals surface area contributed by atoms with Crippen LogP contribution in [0.25, 0.3) is 0 Å². The van der Waals surface area contributed by atoms with Gasteiger partial charge < -0.3 is 85.2 Å². The minimum Gasteiger partial charge on any atom is -0.394 e. The first kappa shape index (κ1) is 33.8. The van der Waals surface area contributed by atoms with Gasteiger partial charge in [-0.25, -0.2) is 0 Å². The Hall–Kier alpha value is -0.680. The second-order valence-electron chi connectivity index (χ2n) is 10.0. The summed E-state index contributed by atoms with van der Waals surface area (Å²) in [4.78, 5) is 0. The minimum absolute atomic E-state index is 0.197. The van der Waals surface area contributed by atoms with Crippen LogP contribution < -0.4 is 5.73 Å². The van der Waals surface area contributed by atoms with Gasteiger partial charge in [0.15, 0.2) is 18.9 Å². The molecule has 0 radical (unpaired) electrons. The first-order chi connectivity index (χ1) is 19.1. The Labute approximate surface area is 230 Å². The van der Waals surface area contributed by atoms with Crippen LogP contribution in [-0.2, 0) is 28.4 Å². The van der Waals surface area contributed by atoms with Crippen molar-refractivity contribution < 1.29 is 79.5 Å². The molecule has 3 heterocycles. The van der Waals surface area contributed by atoms with Crippen molar-refractivity contribution in [2.24, 2.45) is 5.73 Å². The average molecular weight is 590 g/mol. The lowest BCUT2D eigenvalue weighted by molar-refractivity contribution is -0.379. The van der Waals surface area contributed by atoms with E-state index in [0.29, 0.717) is 13.0 Å². The predicted molar refractivity (Wildman–Crippen MR) is 128 cm³/mol. The molecule has 0 amide bonds. The topological polar surface area (TPSA) is 284 Å². The van der Waals surface area contributed by atoms with Gasteiger partial charge in [-0.1, -0.05) is 0 Å². The third-order valence-electron chi connectivity index (χ3n) is 7.20. The smallest absolute Gasteiger partial charge is 0.187 e. The minimum atomic E-state index is -1.89. The van der Waals surface area contributed by atoms with Gasteiger partial charge in [0.25, 0.3) is 0 Å². The summed E-state index contributed by atoms with van der Waals surface area (Å²) in [6, 6.07) is 0. The van der Waals surface area contributed by atoms with Crippen molar-refractivity contribution in [3.63, 3.8) is 0 Å². The SMILES string of the molecule is NCCCCCO[C@@H]1OC(CO)[C@@H](O[C@@H]2OC(CO)[C@H](O[C@H]3OC(CO)[C@H](O)[C@H](O)C3O)C(O)C2O)C(O)[C@@H]1O. The molecule has 0 aromatic rings. The fraction of sp³-hybridized carbons (Fsp3) is 1.00. The van der Waals surface area contributed by atoms with Crippen LogP contribution in [0.3, 0.4) is 0 Å². The molecule has 3 aliphatic rings. The van der Waals surface area contributed by atoms with Crippen LogP contribution in [0.1, 0.15) is 19.3 Å². The summed E-state index contributed by atoms with van der Waals surface area (Å²) in [5.41, 5.74) is 5.45. The number of aliphatic hydroxyl groups is 10. The zero-order valence-electron chi connectivity index (χ0n) is 21.8. The lowest BCUT2D eigenvalue weighted by Crippen LogP contribution is -2.66. The monoisotopic (exact) mass is 589 g/mol. The first-order valence-electron chi connectivity index (χ1n) is 13.3. The van der Waals surface area contributed by atoms with E-state index in [-0.39, 0.29) is 6.61 Å². The van der Waals surface area contributed by atoms with Crippen LogP contribution in [0.4, 0.5) is 0 Å². The van der Waals surface area contributed by atoms with Crippen LogP contribution in [-0.4, -0.2) is 176 Å². The summed E-state index contributed by atoms with van der Waals surface area (Å²) in [5.74, 6) is 0. The van der Waals surface area contributed by atoms with E-state index in [0.717, 1.165) is 12.8 Å². The number of aliphatic hydroxyl groups excluding tert-OH is 10. The molecule has 3 rings (SSSR count). The van der Waals surface area contributed by atoms with Gasteiger partial charge >= 0.3 is 0 Å². The second kappa shape index (κ2) is 15.7. The van der Waals surface area contributed by atoms with Crippen LogP contribution >= 0.6 is 0 Å². The molecular weight excluding hydrogens is 546 g/mol. The molecule has 40 heavy (non-hydrogen) atoms. The van der Waals surface area contributed by atoms with Crippen molar-refractivity contribution in [2.45, 2.75) is 111 Å². The van der Waals surface area contributed by atoms with Crippen LogP contribution in [0.5, 0.6) is 0 Å². The number of hydrogen-bond donors (Lipinski definition) is 11. The predicted octanol–water partition coefficient (Wildman–Crippen LogP) is -6.42. The largest absolute Gasteiger partial charge is 0.394 e. The fourth-order valence-corrected chi connectivity index (χ4v) is 4.80. The van der Waals surface area contributed by atoms with Crippen molar-refractivity contribution in [3.8, 4) is 0 Å². The highest BCUT2D eigenvalue weighted by atomic mass is 16.8. The Bertz CT molecular complexity index is 733. The molecule has 7 unspecified atom stereocenters. The van der Waals surface area contributed by atoms with Crippen LogP contribution in [0.2, 0.25) is 0 Å². The van der Waals surface area contributed by atoms with Crippen molar-refractivity contribution in [1.82, 2.24) is 0 Å². The highest BCUT2D eigenvalue weighted by molar-refractivity contribution is 4.96. The quantitative estimate of drug-likeness (QED) is 0.0890. The third-order valence-corrected chi connectivity index (χ3v) is 7.20. The van der Waals surface area contributed by atoms with E-state index in [2.05, 4.69) is 0 Å². The molecular formula is C23H43NO16. The molecule has 3 fully saturated rings. The molecule has 0 saturated carbocycles. The number of nitrogens with two attached hydrogens (primary N) is 1. The first-order valence-corrected chi connectivity index (χ1v) is 13.3. The molecule has 0 aliphatic carbocycles. The Morgan fingerprint density at radius 2 is 0.950 bits per heavy atom. The molecule has 0 bridgehead atoms. The van der Waals surface area contributed by atoms with E-state index in [1.165, 1.54) is 0 Å². The maximum atomic E-state index is 10.8. The summed E-state index contributed by atoms with van der Waals surface area (Å²) in [7, 11) is 0. The summed E-state index contributed by atoms with van der Waals surface area (Å²) in [6.07, 6.45) is -21.8. The average Bonchev–Trinajstić information content (AvgIpc) is 2.95. The van der Waals surface area contributed by atoms with E-state index < -0.39 is 112 Å². The number of rotatable bonds is 13. The van der Waals surface area contributed by atoms with E-state index >= 15 is 0 Å². The maximum absolute atomic E-state index is 10.8. The normalized spacial score (nSPS) is 46.4. The Kier molecular flexibility index (Phi) is 13.3. The van der Waals surface area contributed by atoms with Crippen molar-refractivity contribution >= 4 is 0 Å². The van der Waals surface area contributed by atoms with E-state index in [1.54, 1.807) is 0 Å². The molecule has 12 N–H and O–H groups in total. The second-order valence-corrected chi connectivity index (χ2v) is 10.0. The standard InChI is InChI=1S/C23H43NO16/c24-4-2-1-3-5-35-21-17(33)14(30)19(10(7-26)37-21)40-23-18(34)15(31)20(11(8-27)38-23)39-22-16(32)13(29)12(28)9(6-25)36-22/h9-23,25-34H,1-8,24H2/t9?,10?,11?,12-,13-,14?,15?,16?,17-,18?,19+,20-,21+,22+,23-/m0/s1. The lowest BCUT2D eigenvalue weighted by atomic mass is 9.96. The van der Waals surface area contributed by atoms with Gasteiger partial charge in [0, 0.05) is 6.61 Å². The summed E-state index contributed by atoms with van der Waals surface area (Å²) >= 11 is 0. The van der Waals surface area contributed by atoms with Crippen LogP contribution in [0, 0.1) is 0 Å². The molecule has 3 aliphatic heterocycles. The Morgan fingerprint density at radius 1 is 0.500 bits per heavy atom. The van der Waals surface area contributed by atoms with Crippen molar-refractivity contribution in [1.29, 1.82) is 0 Å². The molecule has 17 nitrogen and oxygen atoms in total. The zero-order valence-corrected chi connectivity index (χ0v) is 21.8. The van der Waals surface area contributed by atoms with Gasteiger partial charge in [-0.05, 0) is 25.8 Å². The highest BCUT2D eigenvalue weighted by Gasteiger charge is 2.53. The van der Waals surface area contributed by atoms with E-state index in [1.807, 2.05) is 0 Å². The highest BCUT2D eigenvalue weighted by Crippen LogP contribution is 2.32. The zero-order chi connectivity index (χ0) is 29.6. The van der Waals surface area contributed by atoms with Gasteiger partial charge in [-0.3, -0.25) is 0 Å². The number of ether oxygens (including phenoxy) is 6. The molecule has 15 atom stereocenters. The molecule has 0 aromatic carbocycles. The van der Waals surface area contributed by atoms with Crippen LogP contribution in [0.15, 0.2) is 0 Å². The Morgan fingerprint density at radius 3 is 1.45 bits per heavy atom. The van der Waals surface area contributed by atoms with Crippen molar-refractivity contribution in [3.05, 3.63) is 0 Å².